The van der Waals surface area contributed by atoms with E-state index >= 15 is 0 Å². The molecular formula is C14H22N4OS. The topological polar surface area (TPSA) is 73.1 Å². The Kier molecular flexibility index (Phi) is 4.57. The monoisotopic (exact) mass is 294 g/mol. The van der Waals surface area contributed by atoms with Crippen molar-refractivity contribution in [3.8, 4) is 0 Å². The van der Waals surface area contributed by atoms with Gasteiger partial charge in [0.05, 0.1) is 5.39 Å². The van der Waals surface area contributed by atoms with Gasteiger partial charge in [-0.1, -0.05) is 13.8 Å². The normalized spacial score (nSPS) is 14.4. The van der Waals surface area contributed by atoms with Gasteiger partial charge in [0.25, 0.3) is 0 Å². The minimum atomic E-state index is -0.481. The van der Waals surface area contributed by atoms with Crippen LogP contribution in [-0.2, 0) is 16.8 Å². The van der Waals surface area contributed by atoms with Gasteiger partial charge in [-0.15, -0.1) is 11.3 Å². The van der Waals surface area contributed by atoms with Crippen molar-refractivity contribution in [3.63, 3.8) is 0 Å². The van der Waals surface area contributed by atoms with E-state index < -0.39 is 5.60 Å². The summed E-state index contributed by atoms with van der Waals surface area (Å²) in [6.07, 6.45) is 1.79. The molecule has 2 aromatic rings. The number of thiophene rings is 1. The second-order valence-corrected chi connectivity index (χ2v) is 5.96. The molecule has 110 valence electrons. The van der Waals surface area contributed by atoms with Gasteiger partial charge >= 0.3 is 0 Å². The van der Waals surface area contributed by atoms with Crippen LogP contribution in [0.5, 0.6) is 0 Å². The zero-order valence-corrected chi connectivity index (χ0v) is 13.3. The van der Waals surface area contributed by atoms with E-state index in [1.165, 1.54) is 4.88 Å². The zero-order chi connectivity index (χ0) is 14.8. The molecule has 6 heteroatoms. The third kappa shape index (κ3) is 2.63. The number of nitrogens with two attached hydrogens (primary N) is 1. The fourth-order valence-electron chi connectivity index (χ4n) is 2.14. The van der Waals surface area contributed by atoms with E-state index in [0.717, 1.165) is 23.1 Å². The first-order valence-electron chi connectivity index (χ1n) is 6.99. The molecule has 0 bridgehead atoms. The minimum Gasteiger partial charge on any atom is -0.368 e. The van der Waals surface area contributed by atoms with Crippen molar-refractivity contribution in [2.75, 3.05) is 12.0 Å². The van der Waals surface area contributed by atoms with Gasteiger partial charge in [0, 0.05) is 11.5 Å². The Hall–Kier alpha value is -1.24. The summed E-state index contributed by atoms with van der Waals surface area (Å²) in [4.78, 5) is 11.5. The lowest BCUT2D eigenvalue weighted by atomic mass is 10.0. The van der Waals surface area contributed by atoms with E-state index in [-0.39, 0.29) is 0 Å². The number of nitrogen functional groups attached to an aromatic ring is 1. The first-order chi connectivity index (χ1) is 9.57. The summed E-state index contributed by atoms with van der Waals surface area (Å²) in [6.45, 7) is 8.83. The van der Waals surface area contributed by atoms with Crippen LogP contribution in [0.15, 0.2) is 6.07 Å². The highest BCUT2D eigenvalue weighted by Crippen LogP contribution is 2.33. The number of nitrogens with zero attached hydrogens (tertiary/aromatic N) is 2. The lowest BCUT2D eigenvalue weighted by Crippen LogP contribution is -2.28. The molecule has 0 aliphatic heterocycles. The predicted molar refractivity (Wildman–Crippen MR) is 83.9 cm³/mol. The number of hydrogen-bond acceptors (Lipinski definition) is 6. The largest absolute Gasteiger partial charge is 0.368 e. The minimum absolute atomic E-state index is 0.481. The summed E-state index contributed by atoms with van der Waals surface area (Å²) >= 11 is 1.68. The van der Waals surface area contributed by atoms with Crippen LogP contribution in [0.4, 0.5) is 5.82 Å². The SMILES string of the molecule is CCOC(C)(CC)c1nc(NN)c2cc(CC)sc2n1. The number of anilines is 1. The molecular weight excluding hydrogens is 272 g/mol. The first kappa shape index (κ1) is 15.2. The fraction of sp³-hybridized carbons (Fsp3) is 0.571. The molecule has 2 heterocycles. The van der Waals surface area contributed by atoms with Crippen molar-refractivity contribution in [2.45, 2.75) is 46.1 Å². The highest BCUT2D eigenvalue weighted by atomic mass is 32.1. The Balaban J connectivity index is 2.59. The maximum atomic E-state index is 5.86. The van der Waals surface area contributed by atoms with Crippen molar-refractivity contribution < 1.29 is 4.74 Å². The van der Waals surface area contributed by atoms with Crippen LogP contribution in [0, 0.1) is 0 Å². The predicted octanol–water partition coefficient (Wildman–Crippen LogP) is 3.20. The average molecular weight is 294 g/mol. The Labute approximate surface area is 123 Å². The maximum Gasteiger partial charge on any atom is 0.163 e. The van der Waals surface area contributed by atoms with Gasteiger partial charge in [0.2, 0.25) is 0 Å². The van der Waals surface area contributed by atoms with Crippen LogP contribution in [0.2, 0.25) is 0 Å². The molecule has 0 aliphatic rings. The van der Waals surface area contributed by atoms with Crippen molar-refractivity contribution in [1.29, 1.82) is 0 Å². The molecule has 20 heavy (non-hydrogen) atoms. The third-order valence-electron chi connectivity index (χ3n) is 3.54. The maximum absolute atomic E-state index is 5.86. The summed E-state index contributed by atoms with van der Waals surface area (Å²) in [7, 11) is 0. The van der Waals surface area contributed by atoms with E-state index in [0.29, 0.717) is 18.2 Å². The molecule has 0 spiro atoms. The smallest absolute Gasteiger partial charge is 0.163 e. The van der Waals surface area contributed by atoms with Crippen LogP contribution in [0.25, 0.3) is 10.2 Å². The van der Waals surface area contributed by atoms with E-state index in [1.54, 1.807) is 11.3 Å². The molecule has 2 aromatic heterocycles. The molecule has 0 saturated heterocycles. The lowest BCUT2D eigenvalue weighted by molar-refractivity contribution is -0.0386. The molecule has 0 aliphatic carbocycles. The average Bonchev–Trinajstić information content (AvgIpc) is 2.89. The molecule has 0 fully saturated rings. The van der Waals surface area contributed by atoms with Crippen LogP contribution in [0.3, 0.4) is 0 Å². The number of ether oxygens (including phenoxy) is 1. The van der Waals surface area contributed by atoms with Crippen LogP contribution < -0.4 is 11.3 Å². The summed E-state index contributed by atoms with van der Waals surface area (Å²) in [5.41, 5.74) is 2.20. The van der Waals surface area contributed by atoms with Gasteiger partial charge in [0.15, 0.2) is 11.6 Å². The van der Waals surface area contributed by atoms with Crippen molar-refractivity contribution in [1.82, 2.24) is 9.97 Å². The van der Waals surface area contributed by atoms with Gasteiger partial charge in [-0.05, 0) is 32.8 Å². The number of rotatable bonds is 6. The Morgan fingerprint density at radius 3 is 2.65 bits per heavy atom. The number of hydrazine groups is 1. The van der Waals surface area contributed by atoms with Crippen molar-refractivity contribution >= 4 is 27.4 Å². The number of aryl methyl sites for hydroxylation is 1. The number of nitrogens with one attached hydrogen (secondary N) is 1. The van der Waals surface area contributed by atoms with E-state index in [4.69, 9.17) is 15.6 Å². The van der Waals surface area contributed by atoms with Crippen LogP contribution in [0.1, 0.15) is 44.8 Å². The fourth-order valence-corrected chi connectivity index (χ4v) is 3.10. The van der Waals surface area contributed by atoms with Crippen molar-refractivity contribution in [3.05, 3.63) is 16.8 Å². The Morgan fingerprint density at radius 1 is 1.35 bits per heavy atom. The standard InChI is InChI=1S/C14H22N4OS/c1-5-9-8-10-11(18-15)16-13(17-12(10)20-9)14(4,6-2)19-7-3/h8H,5-7,15H2,1-4H3,(H,16,17,18). The highest BCUT2D eigenvalue weighted by Gasteiger charge is 2.29. The van der Waals surface area contributed by atoms with Gasteiger partial charge in [-0.2, -0.15) is 0 Å². The third-order valence-corrected chi connectivity index (χ3v) is 4.71. The van der Waals surface area contributed by atoms with E-state index in [2.05, 4.69) is 30.3 Å². The molecule has 1 unspecified atom stereocenters. The van der Waals surface area contributed by atoms with Crippen LogP contribution in [-0.4, -0.2) is 16.6 Å². The molecule has 0 aromatic carbocycles. The van der Waals surface area contributed by atoms with E-state index in [9.17, 15) is 0 Å². The summed E-state index contributed by atoms with van der Waals surface area (Å²) in [6, 6.07) is 2.10. The summed E-state index contributed by atoms with van der Waals surface area (Å²) < 4.78 is 5.86. The Morgan fingerprint density at radius 2 is 2.10 bits per heavy atom. The molecule has 5 nitrogen and oxygen atoms in total. The van der Waals surface area contributed by atoms with E-state index in [1.807, 2.05) is 13.8 Å². The van der Waals surface area contributed by atoms with Crippen LogP contribution >= 0.6 is 11.3 Å². The zero-order valence-electron chi connectivity index (χ0n) is 12.5. The number of hydrogen-bond donors (Lipinski definition) is 2. The molecule has 3 N–H and O–H groups in total. The summed E-state index contributed by atoms with van der Waals surface area (Å²) in [5, 5.41) is 0.980. The van der Waals surface area contributed by atoms with Gasteiger partial charge in [-0.3, -0.25) is 0 Å². The Bertz CT molecular complexity index is 598. The quantitative estimate of drug-likeness (QED) is 0.632. The highest BCUT2D eigenvalue weighted by molar-refractivity contribution is 7.18. The van der Waals surface area contributed by atoms with Crippen molar-refractivity contribution in [2.24, 2.45) is 5.84 Å². The molecule has 0 amide bonds. The van der Waals surface area contributed by atoms with Gasteiger partial charge in [-0.25, -0.2) is 15.8 Å². The molecule has 0 saturated carbocycles. The second-order valence-electron chi connectivity index (χ2n) is 4.84. The number of fused-ring (bicyclic) bond motifs is 1. The second kappa shape index (κ2) is 6.03. The lowest BCUT2D eigenvalue weighted by Gasteiger charge is -2.26. The molecule has 0 radical (unpaired) electrons. The molecule has 2 rings (SSSR count). The number of aromatic nitrogens is 2. The molecule has 1 atom stereocenters. The first-order valence-corrected chi connectivity index (χ1v) is 7.81. The van der Waals surface area contributed by atoms with Gasteiger partial charge in [0.1, 0.15) is 10.4 Å². The van der Waals surface area contributed by atoms with Gasteiger partial charge < -0.3 is 10.2 Å². The summed E-state index contributed by atoms with van der Waals surface area (Å²) in [5.74, 6) is 6.97.